The van der Waals surface area contributed by atoms with Crippen LogP contribution in [0.2, 0.25) is 0 Å². The molecule has 8 atom stereocenters. The smallest absolute Gasteiger partial charge is 0.323 e. The van der Waals surface area contributed by atoms with E-state index in [4.69, 9.17) is 10.5 Å². The number of fused-ring (bicyclic) bond motifs is 5. The molecule has 7 nitrogen and oxygen atoms in total. The van der Waals surface area contributed by atoms with Gasteiger partial charge in [0.2, 0.25) is 0 Å². The number of ketones is 1. The third kappa shape index (κ3) is 3.30. The fourth-order valence-electron chi connectivity index (χ4n) is 7.60. The summed E-state index contributed by atoms with van der Waals surface area (Å²) in [5.41, 5.74) is 2.56. The Hall–Kier alpha value is -1.54. The van der Waals surface area contributed by atoms with Crippen molar-refractivity contribution < 1.29 is 29.6 Å². The van der Waals surface area contributed by atoms with Crippen molar-refractivity contribution in [1.29, 1.82) is 0 Å². The van der Waals surface area contributed by atoms with Crippen molar-refractivity contribution in [3.8, 4) is 0 Å². The van der Waals surface area contributed by atoms with E-state index in [1.54, 1.807) is 13.0 Å². The molecule has 0 aromatic carbocycles. The van der Waals surface area contributed by atoms with Crippen LogP contribution in [0.3, 0.4) is 0 Å². The Morgan fingerprint density at radius 1 is 1.26 bits per heavy atom. The van der Waals surface area contributed by atoms with Gasteiger partial charge in [0.05, 0.1) is 12.2 Å². The minimum Gasteiger partial charge on any atom is -0.457 e. The highest BCUT2D eigenvalue weighted by atomic mass is 16.6. The summed E-state index contributed by atoms with van der Waals surface area (Å²) in [4.78, 5) is 26.1. The fourth-order valence-corrected chi connectivity index (χ4v) is 7.60. The van der Waals surface area contributed by atoms with E-state index in [1.807, 2.05) is 47.6 Å². The number of hydrogen-bond acceptors (Lipinski definition) is 7. The molecule has 190 valence electrons. The average molecular weight is 476 g/mol. The van der Waals surface area contributed by atoms with Crippen molar-refractivity contribution in [1.82, 2.24) is 0 Å². The number of rotatable bonds is 4. The molecular formula is C27H41NO6. The van der Waals surface area contributed by atoms with Crippen molar-refractivity contribution in [3.63, 3.8) is 0 Å². The molecule has 2 saturated carbocycles. The third-order valence-electron chi connectivity index (χ3n) is 9.29. The maximum atomic E-state index is 13.1. The summed E-state index contributed by atoms with van der Waals surface area (Å²) in [6, 6.07) is -0.747. The normalized spacial score (nSPS) is 43.6. The Labute approximate surface area is 202 Å². The van der Waals surface area contributed by atoms with Crippen LogP contribution >= 0.6 is 0 Å². The van der Waals surface area contributed by atoms with E-state index in [0.717, 1.165) is 0 Å². The predicted molar refractivity (Wildman–Crippen MR) is 127 cm³/mol. The van der Waals surface area contributed by atoms with Gasteiger partial charge >= 0.3 is 5.97 Å². The molecule has 0 bridgehead atoms. The minimum atomic E-state index is -1.79. The van der Waals surface area contributed by atoms with Gasteiger partial charge < -0.3 is 25.8 Å². The number of Topliss-reactive ketones (excluding diaryl/α,β-unsaturated/α-hetero) is 1. The van der Waals surface area contributed by atoms with Crippen LogP contribution in [0.25, 0.3) is 0 Å². The van der Waals surface area contributed by atoms with Gasteiger partial charge in [0.15, 0.2) is 5.78 Å². The van der Waals surface area contributed by atoms with E-state index in [0.29, 0.717) is 24.0 Å². The topological polar surface area (TPSA) is 130 Å². The molecule has 4 aliphatic carbocycles. The van der Waals surface area contributed by atoms with Gasteiger partial charge in [-0.2, -0.15) is 0 Å². The Morgan fingerprint density at radius 3 is 2.44 bits per heavy atom. The number of aliphatic hydroxyl groups is 3. The number of ether oxygens (including phenoxy) is 1. The zero-order valence-corrected chi connectivity index (χ0v) is 21.5. The lowest BCUT2D eigenvalue weighted by molar-refractivity contribution is -0.188. The number of nitrogens with two attached hydrogens (primary N) is 1. The van der Waals surface area contributed by atoms with E-state index in [2.05, 4.69) is 0 Å². The quantitative estimate of drug-likeness (QED) is 0.362. The van der Waals surface area contributed by atoms with Crippen molar-refractivity contribution in [3.05, 3.63) is 23.3 Å². The standard InChI is InChI=1S/C27H41NO6/c1-14-8-19-25(32,21(14)30)11-16(13-29)9-17-20-24(6,7)26(20,10-15(2)27(17,19)33)34-22(31)18(28)12-23(3,4)5/h8-9,15,17-20,29,32-33H,10-13,28H2,1-7H3/t15-,17+,18+,19-,20+,25-,26+,27-/m1/s1. The van der Waals surface area contributed by atoms with Crippen molar-refractivity contribution in [2.24, 2.45) is 40.2 Å². The summed E-state index contributed by atoms with van der Waals surface area (Å²) < 4.78 is 6.22. The molecular weight excluding hydrogens is 434 g/mol. The van der Waals surface area contributed by atoms with Gasteiger partial charge in [-0.25, -0.2) is 0 Å². The second-order valence-corrected chi connectivity index (χ2v) is 13.1. The summed E-state index contributed by atoms with van der Waals surface area (Å²) >= 11 is 0. The molecule has 0 amide bonds. The van der Waals surface area contributed by atoms with Crippen LogP contribution in [0.5, 0.6) is 0 Å². The summed E-state index contributed by atoms with van der Waals surface area (Å²) in [6.45, 7) is 13.4. The fraction of sp³-hybridized carbons (Fsp3) is 0.778. The van der Waals surface area contributed by atoms with E-state index < -0.39 is 51.8 Å². The second kappa shape index (κ2) is 7.48. The molecule has 0 aliphatic heterocycles. The Balaban J connectivity index is 1.75. The highest BCUT2D eigenvalue weighted by Gasteiger charge is 2.83. The van der Waals surface area contributed by atoms with E-state index in [1.165, 1.54) is 0 Å². The molecule has 5 N–H and O–H groups in total. The van der Waals surface area contributed by atoms with Crippen molar-refractivity contribution in [2.45, 2.75) is 90.6 Å². The first-order chi connectivity index (χ1) is 15.5. The van der Waals surface area contributed by atoms with E-state index in [-0.39, 0.29) is 30.3 Å². The van der Waals surface area contributed by atoms with Crippen LogP contribution < -0.4 is 5.73 Å². The molecule has 34 heavy (non-hydrogen) atoms. The first kappa shape index (κ1) is 25.5. The number of esters is 1. The molecule has 0 spiro atoms. The molecule has 4 aliphatic rings. The highest BCUT2D eigenvalue weighted by Crippen LogP contribution is 2.76. The van der Waals surface area contributed by atoms with Crippen molar-refractivity contribution >= 4 is 11.8 Å². The first-order valence-electron chi connectivity index (χ1n) is 12.4. The summed E-state index contributed by atoms with van der Waals surface area (Å²) in [7, 11) is 0. The molecule has 0 saturated heterocycles. The third-order valence-corrected chi connectivity index (χ3v) is 9.29. The largest absolute Gasteiger partial charge is 0.457 e. The van der Waals surface area contributed by atoms with Crippen LogP contribution in [0.15, 0.2) is 23.3 Å². The minimum absolute atomic E-state index is 0.0250. The first-order valence-corrected chi connectivity index (χ1v) is 12.4. The van der Waals surface area contributed by atoms with Crippen LogP contribution in [0.4, 0.5) is 0 Å². The van der Waals surface area contributed by atoms with Crippen LogP contribution in [0, 0.1) is 34.5 Å². The number of hydrogen-bond donors (Lipinski definition) is 4. The molecule has 0 radical (unpaired) electrons. The lowest BCUT2D eigenvalue weighted by Gasteiger charge is -2.50. The lowest BCUT2D eigenvalue weighted by atomic mass is 9.60. The lowest BCUT2D eigenvalue weighted by Crippen LogP contribution is -2.61. The molecule has 0 heterocycles. The Kier molecular flexibility index (Phi) is 5.62. The molecule has 7 heteroatoms. The van der Waals surface area contributed by atoms with Crippen LogP contribution in [-0.2, 0) is 14.3 Å². The summed E-state index contributed by atoms with van der Waals surface area (Å²) in [6.07, 6.45) is 4.41. The molecule has 2 fully saturated rings. The predicted octanol–water partition coefficient (Wildman–Crippen LogP) is 2.27. The molecule has 0 unspecified atom stereocenters. The maximum absolute atomic E-state index is 13.1. The number of carbonyl (C=O) groups is 2. The van der Waals surface area contributed by atoms with Crippen molar-refractivity contribution in [2.75, 3.05) is 6.61 Å². The highest BCUT2D eigenvalue weighted by molar-refractivity contribution is 6.04. The van der Waals surface area contributed by atoms with Gasteiger partial charge in [0.1, 0.15) is 17.2 Å². The van der Waals surface area contributed by atoms with E-state index >= 15 is 0 Å². The van der Waals surface area contributed by atoms with Gasteiger partial charge in [0.25, 0.3) is 0 Å². The average Bonchev–Trinajstić information content (AvgIpc) is 3.11. The van der Waals surface area contributed by atoms with Crippen LogP contribution in [-0.4, -0.2) is 56.5 Å². The zero-order chi connectivity index (χ0) is 25.6. The number of carbonyl (C=O) groups excluding carboxylic acids is 2. The van der Waals surface area contributed by atoms with Gasteiger partial charge in [-0.1, -0.05) is 53.7 Å². The summed E-state index contributed by atoms with van der Waals surface area (Å²) in [5, 5.41) is 33.9. The van der Waals surface area contributed by atoms with E-state index in [9.17, 15) is 24.9 Å². The van der Waals surface area contributed by atoms with Gasteiger partial charge in [-0.05, 0) is 42.2 Å². The maximum Gasteiger partial charge on any atom is 0.323 e. The molecule has 0 aromatic heterocycles. The molecule has 0 aromatic rings. The Bertz CT molecular complexity index is 976. The van der Waals surface area contributed by atoms with Gasteiger partial charge in [0, 0.05) is 29.6 Å². The van der Waals surface area contributed by atoms with Crippen LogP contribution in [0.1, 0.15) is 67.7 Å². The monoisotopic (exact) mass is 475 g/mol. The zero-order valence-electron chi connectivity index (χ0n) is 21.5. The Morgan fingerprint density at radius 2 is 1.88 bits per heavy atom. The second-order valence-electron chi connectivity index (χ2n) is 13.1. The summed E-state index contributed by atoms with van der Waals surface area (Å²) in [5.74, 6) is -2.77. The van der Waals surface area contributed by atoms with Gasteiger partial charge in [-0.3, -0.25) is 9.59 Å². The SMILES string of the molecule is CC1=C[C@H]2[C@@]3(O)[C@H](C)C[C@]4(OC(=O)[C@@H](N)CC(C)(C)C)[C@@H]([C@@H]3C=C(CO)C[C@]2(O)C1=O)C4(C)C. The van der Waals surface area contributed by atoms with Gasteiger partial charge in [-0.15, -0.1) is 0 Å². The molecule has 4 rings (SSSR count). The number of aliphatic hydroxyl groups excluding tert-OH is 1.